The summed E-state index contributed by atoms with van der Waals surface area (Å²) in [6.45, 7) is 3.72. The zero-order valence-corrected chi connectivity index (χ0v) is 13.3. The normalized spacial score (nSPS) is 21.2. The van der Waals surface area contributed by atoms with E-state index in [0.29, 0.717) is 23.9 Å². The molecular weight excluding hydrogens is 296 g/mol. The number of rotatable bonds is 4. The molecule has 0 N–H and O–H groups in total. The Morgan fingerprint density at radius 1 is 1.43 bits per heavy atom. The molecule has 0 bridgehead atoms. The lowest BCUT2D eigenvalue weighted by Gasteiger charge is -2.38. The Labute approximate surface area is 134 Å². The van der Waals surface area contributed by atoms with Crippen LogP contribution in [-0.2, 0) is 0 Å². The highest BCUT2D eigenvalue weighted by Crippen LogP contribution is 2.40. The molecule has 2 heterocycles. The van der Waals surface area contributed by atoms with Crippen molar-refractivity contribution in [3.05, 3.63) is 47.0 Å². The second-order valence-corrected chi connectivity index (χ2v) is 5.87. The number of methoxy groups -OCH3 is 1. The highest BCUT2D eigenvalue weighted by Gasteiger charge is 2.32. The average molecular weight is 316 g/mol. The van der Waals surface area contributed by atoms with Crippen molar-refractivity contribution in [2.75, 3.05) is 25.1 Å². The molecule has 1 aromatic heterocycles. The fraction of sp³-hybridized carbons (Fsp3) is 0.438. The van der Waals surface area contributed by atoms with E-state index in [-0.39, 0.29) is 16.7 Å². The summed E-state index contributed by atoms with van der Waals surface area (Å²) in [7, 11) is 1.46. The van der Waals surface area contributed by atoms with Crippen molar-refractivity contribution in [2.45, 2.75) is 19.4 Å². The number of nitrogens with zero attached hydrogens (tertiary/aromatic N) is 4. The summed E-state index contributed by atoms with van der Waals surface area (Å²) in [5.74, 6) is 0.787. The molecule has 7 nitrogen and oxygen atoms in total. The lowest BCUT2D eigenvalue weighted by Crippen LogP contribution is -2.40. The van der Waals surface area contributed by atoms with Gasteiger partial charge in [-0.1, -0.05) is 13.0 Å². The molecule has 0 unspecified atom stereocenters. The van der Waals surface area contributed by atoms with Crippen molar-refractivity contribution in [3.8, 4) is 5.75 Å². The smallest absolute Gasteiger partial charge is 0.333 e. The Morgan fingerprint density at radius 3 is 2.91 bits per heavy atom. The van der Waals surface area contributed by atoms with Crippen LogP contribution in [0.5, 0.6) is 5.75 Å². The molecule has 0 radical (unpaired) electrons. The van der Waals surface area contributed by atoms with Gasteiger partial charge in [0.25, 0.3) is 0 Å². The van der Waals surface area contributed by atoms with Crippen molar-refractivity contribution in [3.63, 3.8) is 0 Å². The number of nitro benzene ring substituents is 1. The molecule has 0 saturated carbocycles. The van der Waals surface area contributed by atoms with Gasteiger partial charge in [-0.25, -0.2) is 4.98 Å². The Morgan fingerprint density at radius 2 is 2.26 bits per heavy atom. The molecule has 2 aromatic rings. The van der Waals surface area contributed by atoms with Gasteiger partial charge in [0.15, 0.2) is 5.75 Å². The number of anilines is 1. The van der Waals surface area contributed by atoms with Gasteiger partial charge in [-0.05, 0) is 24.5 Å². The van der Waals surface area contributed by atoms with E-state index in [1.165, 1.54) is 7.11 Å². The van der Waals surface area contributed by atoms with E-state index in [1.54, 1.807) is 24.4 Å². The summed E-state index contributed by atoms with van der Waals surface area (Å²) >= 11 is 0. The Hall–Kier alpha value is -2.57. The van der Waals surface area contributed by atoms with Crippen LogP contribution >= 0.6 is 0 Å². The molecule has 1 fully saturated rings. The van der Waals surface area contributed by atoms with Crippen molar-refractivity contribution in [2.24, 2.45) is 5.92 Å². The molecule has 1 aliphatic heterocycles. The maximum absolute atomic E-state index is 11.5. The maximum Gasteiger partial charge on any atom is 0.333 e. The molecular formula is C16H20N4O3. The first-order valence-corrected chi connectivity index (χ1v) is 7.65. The van der Waals surface area contributed by atoms with Crippen LogP contribution in [0.1, 0.15) is 19.4 Å². The molecule has 0 amide bonds. The molecule has 1 saturated heterocycles. The minimum absolute atomic E-state index is 0.0361. The number of nitro groups is 1. The van der Waals surface area contributed by atoms with E-state index in [1.807, 2.05) is 12.5 Å². The minimum atomic E-state index is -0.363. The zero-order chi connectivity index (χ0) is 16.4. The number of benzene rings is 1. The molecule has 0 aliphatic carbocycles. The van der Waals surface area contributed by atoms with Gasteiger partial charge in [0.1, 0.15) is 5.69 Å². The van der Waals surface area contributed by atoms with Crippen LogP contribution < -0.4 is 9.64 Å². The van der Waals surface area contributed by atoms with Crippen LogP contribution in [0, 0.1) is 16.0 Å². The van der Waals surface area contributed by atoms with E-state index in [4.69, 9.17) is 4.74 Å². The third-order valence-electron chi connectivity index (χ3n) is 4.55. The number of hydrogen-bond donors (Lipinski definition) is 0. The van der Waals surface area contributed by atoms with E-state index < -0.39 is 0 Å². The number of imidazole rings is 1. The highest BCUT2D eigenvalue weighted by molar-refractivity contribution is 5.70. The van der Waals surface area contributed by atoms with Crippen LogP contribution in [0.25, 0.3) is 0 Å². The monoisotopic (exact) mass is 316 g/mol. The van der Waals surface area contributed by atoms with E-state index in [0.717, 1.165) is 13.0 Å². The molecule has 0 spiro atoms. The van der Waals surface area contributed by atoms with Gasteiger partial charge < -0.3 is 14.2 Å². The number of piperidine rings is 1. The third kappa shape index (κ3) is 2.86. The minimum Gasteiger partial charge on any atom is -0.490 e. The zero-order valence-electron chi connectivity index (χ0n) is 13.3. The van der Waals surface area contributed by atoms with Crippen molar-refractivity contribution in [1.29, 1.82) is 0 Å². The fourth-order valence-electron chi connectivity index (χ4n) is 3.24. The second-order valence-electron chi connectivity index (χ2n) is 5.87. The lowest BCUT2D eigenvalue weighted by molar-refractivity contribution is -0.385. The Balaban J connectivity index is 1.94. The van der Waals surface area contributed by atoms with Gasteiger partial charge in [0.2, 0.25) is 0 Å². The standard InChI is InChI=1S/C16H20N4O3/c1-12-6-8-18(10-14(12)19-9-7-17-11-19)13-4-3-5-15(23-2)16(13)20(21)22/h3-5,7,9,11-12,14H,6,8,10H2,1-2H3/t12-,14-/m1/s1. The molecule has 1 aliphatic rings. The van der Waals surface area contributed by atoms with E-state index in [2.05, 4.69) is 21.4 Å². The lowest BCUT2D eigenvalue weighted by atomic mass is 9.92. The van der Waals surface area contributed by atoms with Gasteiger partial charge in [0, 0.05) is 25.5 Å². The van der Waals surface area contributed by atoms with Crippen LogP contribution in [-0.4, -0.2) is 34.7 Å². The van der Waals surface area contributed by atoms with Crippen LogP contribution in [0.15, 0.2) is 36.9 Å². The summed E-state index contributed by atoms with van der Waals surface area (Å²) < 4.78 is 7.26. The van der Waals surface area contributed by atoms with Gasteiger partial charge in [-0.2, -0.15) is 0 Å². The van der Waals surface area contributed by atoms with E-state index >= 15 is 0 Å². The summed E-state index contributed by atoms with van der Waals surface area (Å²) in [5, 5.41) is 11.5. The summed E-state index contributed by atoms with van der Waals surface area (Å²) in [4.78, 5) is 17.3. The first-order valence-electron chi connectivity index (χ1n) is 7.65. The van der Waals surface area contributed by atoms with Gasteiger partial charge in [-0.3, -0.25) is 10.1 Å². The number of ether oxygens (including phenoxy) is 1. The molecule has 2 atom stereocenters. The summed E-state index contributed by atoms with van der Waals surface area (Å²) in [6, 6.07) is 5.46. The van der Waals surface area contributed by atoms with E-state index in [9.17, 15) is 10.1 Å². The summed E-state index contributed by atoms with van der Waals surface area (Å²) in [5.41, 5.74) is 0.653. The molecule has 23 heavy (non-hydrogen) atoms. The Bertz CT molecular complexity index is 687. The van der Waals surface area contributed by atoms with Crippen molar-refractivity contribution < 1.29 is 9.66 Å². The van der Waals surface area contributed by atoms with Crippen molar-refractivity contribution >= 4 is 11.4 Å². The second kappa shape index (κ2) is 6.28. The van der Waals surface area contributed by atoms with Gasteiger partial charge >= 0.3 is 5.69 Å². The van der Waals surface area contributed by atoms with Crippen LogP contribution in [0.3, 0.4) is 0 Å². The predicted octanol–water partition coefficient (Wildman–Crippen LogP) is 2.89. The van der Waals surface area contributed by atoms with Crippen LogP contribution in [0.2, 0.25) is 0 Å². The fourth-order valence-corrected chi connectivity index (χ4v) is 3.24. The number of hydrogen-bond acceptors (Lipinski definition) is 5. The largest absolute Gasteiger partial charge is 0.490 e. The quantitative estimate of drug-likeness (QED) is 0.640. The van der Waals surface area contributed by atoms with Crippen molar-refractivity contribution in [1.82, 2.24) is 9.55 Å². The molecule has 7 heteroatoms. The predicted molar refractivity (Wildman–Crippen MR) is 86.9 cm³/mol. The van der Waals surface area contributed by atoms with Gasteiger partial charge in [0.05, 0.1) is 24.4 Å². The third-order valence-corrected chi connectivity index (χ3v) is 4.55. The molecule has 1 aromatic carbocycles. The Kier molecular flexibility index (Phi) is 4.18. The SMILES string of the molecule is COc1cccc(N2CC[C@@H](C)[C@H](n3ccnc3)C2)c1[N+](=O)[O-]. The molecule has 122 valence electrons. The topological polar surface area (TPSA) is 73.4 Å². The number of aromatic nitrogens is 2. The maximum atomic E-state index is 11.5. The average Bonchev–Trinajstić information content (AvgIpc) is 3.08. The van der Waals surface area contributed by atoms with Gasteiger partial charge in [-0.15, -0.1) is 0 Å². The van der Waals surface area contributed by atoms with Crippen LogP contribution in [0.4, 0.5) is 11.4 Å². The highest BCUT2D eigenvalue weighted by atomic mass is 16.6. The first kappa shape index (κ1) is 15.3. The first-order chi connectivity index (χ1) is 11.1. The number of para-hydroxylation sites is 1. The summed E-state index contributed by atoms with van der Waals surface area (Å²) in [6.07, 6.45) is 6.49. The molecule has 3 rings (SSSR count).